The molecule has 0 spiro atoms. The lowest BCUT2D eigenvalue weighted by Crippen LogP contribution is -2.39. The largest absolute Gasteiger partial charge is 0.375 e. The van der Waals surface area contributed by atoms with Gasteiger partial charge in [-0.3, -0.25) is 0 Å². The van der Waals surface area contributed by atoms with Crippen molar-refractivity contribution < 1.29 is 4.74 Å². The third-order valence-electron chi connectivity index (χ3n) is 3.54. The number of hydrogen-bond acceptors (Lipinski definition) is 5. The molecule has 1 aromatic heterocycles. The van der Waals surface area contributed by atoms with Gasteiger partial charge in [0.2, 0.25) is 0 Å². The van der Waals surface area contributed by atoms with Crippen LogP contribution in [0.5, 0.6) is 0 Å². The van der Waals surface area contributed by atoms with Crippen molar-refractivity contribution in [3.8, 4) is 0 Å². The fraction of sp³-hybridized carbons (Fsp3) is 0.909. The van der Waals surface area contributed by atoms with Crippen molar-refractivity contribution in [1.82, 2.24) is 25.5 Å². The Morgan fingerprint density at radius 1 is 1.35 bits per heavy atom. The maximum absolute atomic E-state index is 5.64. The van der Waals surface area contributed by atoms with Gasteiger partial charge >= 0.3 is 0 Å². The molecular weight excluding hydrogens is 218 g/mol. The van der Waals surface area contributed by atoms with E-state index in [1.807, 2.05) is 0 Å². The predicted octanol–water partition coefficient (Wildman–Crippen LogP) is 0.319. The van der Waals surface area contributed by atoms with E-state index in [1.165, 1.54) is 25.7 Å². The van der Waals surface area contributed by atoms with Gasteiger partial charge < -0.3 is 10.1 Å². The zero-order valence-corrected chi connectivity index (χ0v) is 10.0. The van der Waals surface area contributed by atoms with Gasteiger partial charge in [-0.25, -0.2) is 0 Å². The van der Waals surface area contributed by atoms with Gasteiger partial charge in [-0.1, -0.05) is 12.8 Å². The molecule has 1 saturated carbocycles. The SMILES string of the molecule is C1CCC(n2nnc(CC3CNCCO3)n2)C1. The Labute approximate surface area is 101 Å². The van der Waals surface area contributed by atoms with Crippen LogP contribution < -0.4 is 5.32 Å². The van der Waals surface area contributed by atoms with Crippen molar-refractivity contribution in [2.45, 2.75) is 44.2 Å². The summed E-state index contributed by atoms with van der Waals surface area (Å²) in [7, 11) is 0. The molecule has 0 aromatic carbocycles. The maximum atomic E-state index is 5.64. The molecule has 17 heavy (non-hydrogen) atoms. The molecule has 0 amide bonds. The Hall–Kier alpha value is -1.01. The van der Waals surface area contributed by atoms with E-state index in [-0.39, 0.29) is 6.10 Å². The fourth-order valence-electron chi connectivity index (χ4n) is 2.58. The minimum absolute atomic E-state index is 0.199. The molecule has 2 fully saturated rings. The topological polar surface area (TPSA) is 64.9 Å². The summed E-state index contributed by atoms with van der Waals surface area (Å²) in [6, 6.07) is 0.474. The maximum Gasteiger partial charge on any atom is 0.177 e. The minimum atomic E-state index is 0.199. The molecule has 1 aliphatic carbocycles. The van der Waals surface area contributed by atoms with Gasteiger partial charge in [0.15, 0.2) is 5.82 Å². The van der Waals surface area contributed by atoms with E-state index in [4.69, 9.17) is 4.74 Å². The second-order valence-corrected chi connectivity index (χ2v) is 4.87. The highest BCUT2D eigenvalue weighted by molar-refractivity contribution is 4.85. The standard InChI is InChI=1S/C11H19N5O/c1-2-4-9(3-1)16-14-11(13-15-16)7-10-8-12-5-6-17-10/h9-10,12H,1-8H2. The van der Waals surface area contributed by atoms with E-state index in [1.54, 1.807) is 4.80 Å². The summed E-state index contributed by atoms with van der Waals surface area (Å²) in [5.74, 6) is 0.811. The molecule has 0 bridgehead atoms. The predicted molar refractivity (Wildman–Crippen MR) is 61.6 cm³/mol. The molecule has 2 aliphatic rings. The number of tetrazole rings is 1. The fourth-order valence-corrected chi connectivity index (χ4v) is 2.58. The first-order chi connectivity index (χ1) is 8.42. The third-order valence-corrected chi connectivity index (χ3v) is 3.54. The van der Waals surface area contributed by atoms with Crippen molar-refractivity contribution in [3.63, 3.8) is 0 Å². The Morgan fingerprint density at radius 3 is 3.00 bits per heavy atom. The van der Waals surface area contributed by atoms with Crippen LogP contribution in [0.3, 0.4) is 0 Å². The van der Waals surface area contributed by atoms with Crippen molar-refractivity contribution in [2.24, 2.45) is 0 Å². The van der Waals surface area contributed by atoms with Crippen LogP contribution in [0, 0.1) is 0 Å². The molecule has 6 nitrogen and oxygen atoms in total. The van der Waals surface area contributed by atoms with E-state index in [0.717, 1.165) is 31.9 Å². The summed E-state index contributed by atoms with van der Waals surface area (Å²) >= 11 is 0. The number of ether oxygens (including phenoxy) is 1. The molecule has 2 heterocycles. The van der Waals surface area contributed by atoms with E-state index in [2.05, 4.69) is 20.7 Å². The molecule has 0 radical (unpaired) electrons. The van der Waals surface area contributed by atoms with Gasteiger partial charge in [-0.15, -0.1) is 10.2 Å². The van der Waals surface area contributed by atoms with Crippen molar-refractivity contribution in [2.75, 3.05) is 19.7 Å². The Balaban J connectivity index is 1.59. The normalized spacial score (nSPS) is 26.5. The van der Waals surface area contributed by atoms with Gasteiger partial charge in [-0.2, -0.15) is 4.80 Å². The Morgan fingerprint density at radius 2 is 2.24 bits per heavy atom. The molecular formula is C11H19N5O. The van der Waals surface area contributed by atoms with Gasteiger partial charge in [-0.05, 0) is 18.1 Å². The molecule has 1 aliphatic heterocycles. The smallest absolute Gasteiger partial charge is 0.177 e. The minimum Gasteiger partial charge on any atom is -0.375 e. The summed E-state index contributed by atoms with van der Waals surface area (Å²) in [4.78, 5) is 1.80. The summed E-state index contributed by atoms with van der Waals surface area (Å²) in [6.45, 7) is 2.61. The highest BCUT2D eigenvalue weighted by atomic mass is 16.5. The lowest BCUT2D eigenvalue weighted by molar-refractivity contribution is 0.0280. The first-order valence-electron chi connectivity index (χ1n) is 6.52. The van der Waals surface area contributed by atoms with E-state index >= 15 is 0 Å². The molecule has 1 unspecified atom stereocenters. The second-order valence-electron chi connectivity index (χ2n) is 4.87. The number of rotatable bonds is 3. The molecule has 1 saturated heterocycles. The Kier molecular flexibility index (Phi) is 3.33. The van der Waals surface area contributed by atoms with Crippen LogP contribution >= 0.6 is 0 Å². The summed E-state index contributed by atoms with van der Waals surface area (Å²) in [5, 5.41) is 16.1. The van der Waals surface area contributed by atoms with Crippen LogP contribution in [0.2, 0.25) is 0 Å². The Bertz CT molecular complexity index is 354. The average molecular weight is 237 g/mol. The van der Waals surface area contributed by atoms with Crippen LogP contribution in [0.15, 0.2) is 0 Å². The number of hydrogen-bond donors (Lipinski definition) is 1. The van der Waals surface area contributed by atoms with Gasteiger partial charge in [0.1, 0.15) is 0 Å². The van der Waals surface area contributed by atoms with E-state index in [0.29, 0.717) is 6.04 Å². The first kappa shape index (κ1) is 11.1. The zero-order chi connectivity index (χ0) is 11.5. The van der Waals surface area contributed by atoms with Gasteiger partial charge in [0.25, 0.3) is 0 Å². The molecule has 1 aromatic rings. The van der Waals surface area contributed by atoms with Crippen molar-refractivity contribution in [3.05, 3.63) is 5.82 Å². The summed E-state index contributed by atoms with van der Waals surface area (Å²) in [5.41, 5.74) is 0. The quantitative estimate of drug-likeness (QED) is 0.820. The molecule has 6 heteroatoms. The van der Waals surface area contributed by atoms with Crippen LogP contribution in [0.1, 0.15) is 37.5 Å². The number of aromatic nitrogens is 4. The van der Waals surface area contributed by atoms with Crippen LogP contribution in [0.4, 0.5) is 0 Å². The molecule has 94 valence electrons. The summed E-state index contributed by atoms with van der Waals surface area (Å²) in [6.07, 6.45) is 5.92. The average Bonchev–Trinajstić information content (AvgIpc) is 3.00. The van der Waals surface area contributed by atoms with E-state index < -0.39 is 0 Å². The lowest BCUT2D eigenvalue weighted by atomic mass is 10.2. The van der Waals surface area contributed by atoms with Crippen molar-refractivity contribution in [1.29, 1.82) is 0 Å². The first-order valence-corrected chi connectivity index (χ1v) is 6.52. The van der Waals surface area contributed by atoms with Gasteiger partial charge in [0, 0.05) is 19.5 Å². The highest BCUT2D eigenvalue weighted by Crippen LogP contribution is 2.27. The van der Waals surface area contributed by atoms with E-state index in [9.17, 15) is 0 Å². The second kappa shape index (κ2) is 5.10. The van der Waals surface area contributed by atoms with Gasteiger partial charge in [0.05, 0.1) is 18.8 Å². The molecule has 1 N–H and O–H groups in total. The van der Waals surface area contributed by atoms with Crippen molar-refractivity contribution >= 4 is 0 Å². The molecule has 3 rings (SSSR count). The van der Waals surface area contributed by atoms with Crippen LogP contribution in [0.25, 0.3) is 0 Å². The van der Waals surface area contributed by atoms with Crippen LogP contribution in [-0.4, -0.2) is 46.0 Å². The number of nitrogens with one attached hydrogen (secondary N) is 1. The molecule has 1 atom stereocenters. The monoisotopic (exact) mass is 237 g/mol. The number of morpholine rings is 1. The lowest BCUT2D eigenvalue weighted by Gasteiger charge is -2.22. The summed E-state index contributed by atoms with van der Waals surface area (Å²) < 4.78 is 5.64. The van der Waals surface area contributed by atoms with Crippen LogP contribution in [-0.2, 0) is 11.2 Å². The highest BCUT2D eigenvalue weighted by Gasteiger charge is 2.21. The zero-order valence-electron chi connectivity index (χ0n) is 10.0. The third kappa shape index (κ3) is 2.63. The number of nitrogens with zero attached hydrogens (tertiary/aromatic N) is 4.